The van der Waals surface area contributed by atoms with E-state index in [1.54, 1.807) is 24.3 Å². The summed E-state index contributed by atoms with van der Waals surface area (Å²) < 4.78 is 15.3. The Balaban J connectivity index is 2.44. The molecule has 0 bridgehead atoms. The van der Waals surface area contributed by atoms with Crippen molar-refractivity contribution in [3.05, 3.63) is 55.9 Å². The zero-order valence-corrected chi connectivity index (χ0v) is 12.7. The van der Waals surface area contributed by atoms with Crippen LogP contribution in [0.15, 0.2) is 34.1 Å². The number of nitrogens with one attached hydrogen (secondary N) is 1. The fourth-order valence-electron chi connectivity index (χ4n) is 1.94. The number of rotatable bonds is 4. The maximum Gasteiger partial charge on any atom is 0.131 e. The van der Waals surface area contributed by atoms with Gasteiger partial charge in [-0.05, 0) is 47.1 Å². The van der Waals surface area contributed by atoms with Gasteiger partial charge in [-0.25, -0.2) is 4.39 Å². The Hall–Kier alpha value is -0.710. The first-order valence-electron chi connectivity index (χ1n) is 5.87. The molecule has 0 radical (unpaired) electrons. The number of halogens is 2. The van der Waals surface area contributed by atoms with Crippen molar-refractivity contribution in [2.45, 2.75) is 19.9 Å². The van der Waals surface area contributed by atoms with E-state index in [9.17, 15) is 4.39 Å². The van der Waals surface area contributed by atoms with Crippen LogP contribution in [0.25, 0.3) is 0 Å². The van der Waals surface area contributed by atoms with E-state index in [0.29, 0.717) is 11.1 Å². The maximum atomic E-state index is 14.2. The van der Waals surface area contributed by atoms with Crippen molar-refractivity contribution in [1.29, 1.82) is 0 Å². The Labute approximate surface area is 119 Å². The molecule has 0 aliphatic heterocycles. The molecule has 1 aromatic carbocycles. The van der Waals surface area contributed by atoms with Gasteiger partial charge in [-0.3, -0.25) is 0 Å². The van der Waals surface area contributed by atoms with E-state index in [0.717, 1.165) is 15.2 Å². The van der Waals surface area contributed by atoms with Gasteiger partial charge in [0.05, 0.1) is 9.83 Å². The Morgan fingerprint density at radius 1 is 1.33 bits per heavy atom. The van der Waals surface area contributed by atoms with E-state index < -0.39 is 0 Å². The van der Waals surface area contributed by atoms with E-state index in [4.69, 9.17) is 0 Å². The highest BCUT2D eigenvalue weighted by Crippen LogP contribution is 2.32. The Kier molecular flexibility index (Phi) is 4.54. The van der Waals surface area contributed by atoms with Gasteiger partial charge in [-0.15, -0.1) is 11.3 Å². The van der Waals surface area contributed by atoms with Crippen LogP contribution in [-0.4, -0.2) is 6.54 Å². The molecule has 1 atom stereocenters. The van der Waals surface area contributed by atoms with Crippen LogP contribution in [0, 0.1) is 12.7 Å². The summed E-state index contributed by atoms with van der Waals surface area (Å²) in [6.45, 7) is 4.63. The Bertz CT molecular complexity index is 538. The monoisotopic (exact) mass is 327 g/mol. The number of benzene rings is 1. The Morgan fingerprint density at radius 2 is 2.11 bits per heavy atom. The number of thiophene rings is 1. The fourth-order valence-corrected chi connectivity index (χ4v) is 3.46. The standard InChI is InChI=1S/C14H15BrFNS/c1-3-17-14(11-7-8-12(15)18-11)10-6-4-5-9(2)13(10)16/h4-8,14,17H,3H2,1-2H3. The third-order valence-corrected chi connectivity index (χ3v) is 4.51. The molecule has 0 amide bonds. The van der Waals surface area contributed by atoms with E-state index >= 15 is 0 Å². The number of hydrogen-bond acceptors (Lipinski definition) is 2. The van der Waals surface area contributed by atoms with Crippen molar-refractivity contribution in [2.24, 2.45) is 0 Å². The normalized spacial score (nSPS) is 12.7. The van der Waals surface area contributed by atoms with Crippen LogP contribution in [-0.2, 0) is 0 Å². The van der Waals surface area contributed by atoms with E-state index in [2.05, 4.69) is 21.2 Å². The summed E-state index contributed by atoms with van der Waals surface area (Å²) in [6.07, 6.45) is 0. The number of hydrogen-bond donors (Lipinski definition) is 1. The van der Waals surface area contributed by atoms with E-state index in [1.165, 1.54) is 0 Å². The summed E-state index contributed by atoms with van der Waals surface area (Å²) in [5.41, 5.74) is 1.40. The minimum atomic E-state index is -0.118. The zero-order valence-electron chi connectivity index (χ0n) is 10.3. The molecule has 0 fully saturated rings. The lowest BCUT2D eigenvalue weighted by Crippen LogP contribution is -2.22. The molecule has 4 heteroatoms. The maximum absolute atomic E-state index is 14.2. The Morgan fingerprint density at radius 3 is 2.72 bits per heavy atom. The predicted molar refractivity (Wildman–Crippen MR) is 78.7 cm³/mol. The van der Waals surface area contributed by atoms with Gasteiger partial charge < -0.3 is 5.32 Å². The van der Waals surface area contributed by atoms with E-state index in [1.807, 2.05) is 31.2 Å². The predicted octanol–water partition coefficient (Wildman–Crippen LogP) is 4.66. The highest BCUT2D eigenvalue weighted by Gasteiger charge is 2.19. The van der Waals surface area contributed by atoms with Gasteiger partial charge >= 0.3 is 0 Å². The molecule has 96 valence electrons. The molecular formula is C14H15BrFNS. The highest BCUT2D eigenvalue weighted by atomic mass is 79.9. The van der Waals surface area contributed by atoms with Gasteiger partial charge in [0, 0.05) is 10.4 Å². The van der Waals surface area contributed by atoms with Crippen molar-refractivity contribution in [3.63, 3.8) is 0 Å². The summed E-state index contributed by atoms with van der Waals surface area (Å²) >= 11 is 5.09. The summed E-state index contributed by atoms with van der Waals surface area (Å²) in [5.74, 6) is -0.118. The molecule has 1 unspecified atom stereocenters. The second-order valence-electron chi connectivity index (χ2n) is 4.11. The third kappa shape index (κ3) is 2.82. The van der Waals surface area contributed by atoms with Crippen LogP contribution < -0.4 is 5.32 Å². The average molecular weight is 328 g/mol. The average Bonchev–Trinajstić information content (AvgIpc) is 2.77. The molecule has 1 N–H and O–H groups in total. The van der Waals surface area contributed by atoms with Crippen LogP contribution in [0.1, 0.15) is 29.0 Å². The van der Waals surface area contributed by atoms with Crippen LogP contribution >= 0.6 is 27.3 Å². The van der Waals surface area contributed by atoms with Crippen molar-refractivity contribution < 1.29 is 4.39 Å². The first kappa shape index (κ1) is 13.7. The van der Waals surface area contributed by atoms with Crippen molar-refractivity contribution in [2.75, 3.05) is 6.54 Å². The molecule has 0 aliphatic rings. The van der Waals surface area contributed by atoms with Gasteiger partial charge in [-0.1, -0.05) is 25.1 Å². The van der Waals surface area contributed by atoms with Gasteiger partial charge in [-0.2, -0.15) is 0 Å². The summed E-state index contributed by atoms with van der Waals surface area (Å²) in [7, 11) is 0. The lowest BCUT2D eigenvalue weighted by molar-refractivity contribution is 0.557. The molecular weight excluding hydrogens is 313 g/mol. The van der Waals surface area contributed by atoms with Crippen LogP contribution in [0.3, 0.4) is 0 Å². The summed E-state index contributed by atoms with van der Waals surface area (Å²) in [4.78, 5) is 1.12. The SMILES string of the molecule is CCNC(c1ccc(Br)s1)c1cccc(C)c1F. The fraction of sp³-hybridized carbons (Fsp3) is 0.286. The lowest BCUT2D eigenvalue weighted by Gasteiger charge is -2.18. The molecule has 2 aromatic rings. The van der Waals surface area contributed by atoms with Crippen molar-refractivity contribution >= 4 is 27.3 Å². The minimum absolute atomic E-state index is 0.0776. The van der Waals surface area contributed by atoms with Crippen LogP contribution in [0.5, 0.6) is 0 Å². The number of aryl methyl sites for hydroxylation is 1. The first-order valence-corrected chi connectivity index (χ1v) is 7.48. The van der Waals surface area contributed by atoms with Gasteiger partial charge in [0.2, 0.25) is 0 Å². The molecule has 0 saturated heterocycles. The van der Waals surface area contributed by atoms with Gasteiger partial charge in [0.15, 0.2) is 0 Å². The molecule has 1 heterocycles. The second kappa shape index (κ2) is 5.95. The minimum Gasteiger partial charge on any atom is -0.306 e. The molecule has 0 saturated carbocycles. The largest absolute Gasteiger partial charge is 0.306 e. The third-order valence-electron chi connectivity index (χ3n) is 2.82. The summed E-state index contributed by atoms with van der Waals surface area (Å²) in [6, 6.07) is 9.50. The quantitative estimate of drug-likeness (QED) is 0.861. The highest BCUT2D eigenvalue weighted by molar-refractivity contribution is 9.11. The first-order chi connectivity index (χ1) is 8.63. The molecule has 0 spiro atoms. The second-order valence-corrected chi connectivity index (χ2v) is 6.61. The molecule has 18 heavy (non-hydrogen) atoms. The summed E-state index contributed by atoms with van der Waals surface area (Å²) in [5, 5.41) is 3.35. The lowest BCUT2D eigenvalue weighted by atomic mass is 10.0. The molecule has 1 aromatic heterocycles. The molecule has 0 aliphatic carbocycles. The van der Waals surface area contributed by atoms with Crippen LogP contribution in [0.4, 0.5) is 4.39 Å². The van der Waals surface area contributed by atoms with E-state index in [-0.39, 0.29) is 11.9 Å². The zero-order chi connectivity index (χ0) is 13.1. The van der Waals surface area contributed by atoms with Gasteiger partial charge in [0.25, 0.3) is 0 Å². The van der Waals surface area contributed by atoms with Crippen LogP contribution in [0.2, 0.25) is 0 Å². The molecule has 2 rings (SSSR count). The van der Waals surface area contributed by atoms with Gasteiger partial charge in [0.1, 0.15) is 5.82 Å². The topological polar surface area (TPSA) is 12.0 Å². The van der Waals surface area contributed by atoms with Crippen molar-refractivity contribution in [3.8, 4) is 0 Å². The smallest absolute Gasteiger partial charge is 0.131 e. The molecule has 1 nitrogen and oxygen atoms in total. The van der Waals surface area contributed by atoms with Crippen molar-refractivity contribution in [1.82, 2.24) is 5.32 Å².